The average molecular weight is 473 g/mol. The van der Waals surface area contributed by atoms with Gasteiger partial charge in [0.05, 0.1) is 19.9 Å². The molecule has 5 heteroatoms. The van der Waals surface area contributed by atoms with E-state index < -0.39 is 0 Å². The Morgan fingerprint density at radius 1 is 1.03 bits per heavy atom. The van der Waals surface area contributed by atoms with Gasteiger partial charge in [-0.1, -0.05) is 55.3 Å². The number of hydrogen-bond acceptors (Lipinski definition) is 4. The van der Waals surface area contributed by atoms with Gasteiger partial charge in [0.25, 0.3) is 0 Å². The maximum atomic E-state index is 13.7. The first-order valence-corrected chi connectivity index (χ1v) is 12.9. The van der Waals surface area contributed by atoms with Crippen LogP contribution in [0.15, 0.2) is 77.4 Å². The topological polar surface area (TPSA) is 45.9 Å². The lowest BCUT2D eigenvalue weighted by atomic mass is 9.88. The van der Waals surface area contributed by atoms with Crippen molar-refractivity contribution in [1.82, 2.24) is 9.80 Å². The quantitative estimate of drug-likeness (QED) is 0.399. The van der Waals surface area contributed by atoms with Gasteiger partial charge in [-0.05, 0) is 54.2 Å². The van der Waals surface area contributed by atoms with E-state index in [9.17, 15) is 4.79 Å². The van der Waals surface area contributed by atoms with Gasteiger partial charge < -0.3 is 14.1 Å². The predicted molar refractivity (Wildman–Crippen MR) is 137 cm³/mol. The van der Waals surface area contributed by atoms with Gasteiger partial charge in [0.15, 0.2) is 0 Å². The molecule has 5 rings (SSSR count). The van der Waals surface area contributed by atoms with Crippen LogP contribution in [0.5, 0.6) is 5.75 Å². The molecule has 1 aliphatic carbocycles. The summed E-state index contributed by atoms with van der Waals surface area (Å²) < 4.78 is 11.2. The summed E-state index contributed by atoms with van der Waals surface area (Å²) in [6.07, 6.45) is 6.13. The zero-order chi connectivity index (χ0) is 24.0. The molecule has 2 fully saturated rings. The summed E-state index contributed by atoms with van der Waals surface area (Å²) in [5.74, 6) is 3.04. The summed E-state index contributed by atoms with van der Waals surface area (Å²) in [7, 11) is 1.72. The molecule has 2 atom stereocenters. The molecule has 3 aromatic rings. The summed E-state index contributed by atoms with van der Waals surface area (Å²) in [6.45, 7) is 4.11. The number of furan rings is 1. The van der Waals surface area contributed by atoms with E-state index in [4.69, 9.17) is 9.15 Å². The molecule has 1 saturated carbocycles. The smallest absolute Gasteiger partial charge is 0.225 e. The summed E-state index contributed by atoms with van der Waals surface area (Å²) in [5.41, 5.74) is 2.48. The Balaban J connectivity index is 1.40. The largest absolute Gasteiger partial charge is 0.497 e. The Morgan fingerprint density at radius 3 is 2.60 bits per heavy atom. The fourth-order valence-electron chi connectivity index (χ4n) is 5.90. The number of rotatable bonds is 9. The second kappa shape index (κ2) is 11.1. The first-order valence-electron chi connectivity index (χ1n) is 12.9. The number of benzene rings is 2. The lowest BCUT2D eigenvalue weighted by Crippen LogP contribution is -2.40. The number of methoxy groups -OCH3 is 1. The van der Waals surface area contributed by atoms with Crippen LogP contribution in [-0.2, 0) is 17.9 Å². The Bertz CT molecular complexity index is 1080. The van der Waals surface area contributed by atoms with E-state index in [1.165, 1.54) is 24.0 Å². The van der Waals surface area contributed by atoms with E-state index in [-0.39, 0.29) is 5.92 Å². The highest BCUT2D eigenvalue weighted by Gasteiger charge is 2.37. The van der Waals surface area contributed by atoms with Gasteiger partial charge in [-0.3, -0.25) is 9.69 Å². The van der Waals surface area contributed by atoms with Crippen molar-refractivity contribution in [1.29, 1.82) is 0 Å². The molecular formula is C30H36N2O3. The number of nitrogens with zero attached hydrogens (tertiary/aromatic N) is 2. The number of ether oxygens (including phenoxy) is 1. The molecule has 0 N–H and O–H groups in total. The van der Waals surface area contributed by atoms with Crippen LogP contribution in [0.25, 0.3) is 0 Å². The minimum atomic E-state index is 0.176. The first kappa shape index (κ1) is 23.7. The minimum absolute atomic E-state index is 0.176. The molecule has 5 nitrogen and oxygen atoms in total. The molecule has 2 aromatic carbocycles. The Kier molecular flexibility index (Phi) is 7.53. The van der Waals surface area contributed by atoms with Crippen LogP contribution in [-0.4, -0.2) is 42.5 Å². The van der Waals surface area contributed by atoms with Gasteiger partial charge in [0, 0.05) is 38.0 Å². The van der Waals surface area contributed by atoms with Crippen molar-refractivity contribution in [2.75, 3.05) is 26.7 Å². The second-order valence-corrected chi connectivity index (χ2v) is 10.1. The molecular weight excluding hydrogens is 436 g/mol. The van der Waals surface area contributed by atoms with Crippen LogP contribution < -0.4 is 4.74 Å². The maximum absolute atomic E-state index is 13.7. The highest BCUT2D eigenvalue weighted by molar-refractivity contribution is 5.79. The zero-order valence-electron chi connectivity index (χ0n) is 20.6. The molecule has 1 aromatic heterocycles. The number of carbonyl (C=O) groups excluding carboxylic acids is 1. The number of hydrogen-bond donors (Lipinski definition) is 0. The highest BCUT2D eigenvalue weighted by atomic mass is 16.5. The summed E-state index contributed by atoms with van der Waals surface area (Å²) >= 11 is 0. The van der Waals surface area contributed by atoms with Gasteiger partial charge >= 0.3 is 0 Å². The molecule has 184 valence electrons. The van der Waals surface area contributed by atoms with Crippen molar-refractivity contribution in [2.45, 2.75) is 44.7 Å². The van der Waals surface area contributed by atoms with E-state index in [1.54, 1.807) is 13.4 Å². The number of amides is 1. The fraction of sp³-hybridized carbons (Fsp3) is 0.433. The normalized spacial score (nSPS) is 20.8. The fourth-order valence-corrected chi connectivity index (χ4v) is 5.90. The van der Waals surface area contributed by atoms with Crippen molar-refractivity contribution in [3.8, 4) is 5.75 Å². The van der Waals surface area contributed by atoms with Crippen molar-refractivity contribution in [2.24, 2.45) is 11.8 Å². The highest BCUT2D eigenvalue weighted by Crippen LogP contribution is 2.37. The third-order valence-corrected chi connectivity index (χ3v) is 7.69. The van der Waals surface area contributed by atoms with Crippen LogP contribution in [0.2, 0.25) is 0 Å². The first-order chi connectivity index (χ1) is 17.2. The molecule has 35 heavy (non-hydrogen) atoms. The van der Waals surface area contributed by atoms with Gasteiger partial charge in [0.2, 0.25) is 5.91 Å². The Morgan fingerprint density at radius 2 is 1.86 bits per heavy atom. The van der Waals surface area contributed by atoms with E-state index in [2.05, 4.69) is 52.3 Å². The lowest BCUT2D eigenvalue weighted by Gasteiger charge is -2.31. The van der Waals surface area contributed by atoms with E-state index in [1.807, 2.05) is 24.3 Å². The van der Waals surface area contributed by atoms with Crippen LogP contribution in [0.4, 0.5) is 0 Å². The third kappa shape index (κ3) is 5.79. The van der Waals surface area contributed by atoms with Crippen molar-refractivity contribution < 1.29 is 13.9 Å². The van der Waals surface area contributed by atoms with Gasteiger partial charge in [-0.25, -0.2) is 0 Å². The summed E-state index contributed by atoms with van der Waals surface area (Å²) in [5, 5.41) is 0. The molecule has 0 radical (unpaired) electrons. The Labute approximate surface area is 208 Å². The van der Waals surface area contributed by atoms with Gasteiger partial charge in [0.1, 0.15) is 11.5 Å². The third-order valence-electron chi connectivity index (χ3n) is 7.69. The predicted octanol–water partition coefficient (Wildman–Crippen LogP) is 5.72. The molecule has 2 heterocycles. The van der Waals surface area contributed by atoms with E-state index >= 15 is 0 Å². The molecule has 1 aliphatic heterocycles. The van der Waals surface area contributed by atoms with E-state index in [0.29, 0.717) is 24.3 Å². The Hall–Kier alpha value is -3.05. The molecule has 2 unspecified atom stereocenters. The lowest BCUT2D eigenvalue weighted by molar-refractivity contribution is -0.136. The molecule has 2 aliphatic rings. The van der Waals surface area contributed by atoms with Gasteiger partial charge in [-0.2, -0.15) is 0 Å². The molecule has 1 amide bonds. The monoisotopic (exact) mass is 472 g/mol. The minimum Gasteiger partial charge on any atom is -0.497 e. The van der Waals surface area contributed by atoms with Crippen molar-refractivity contribution in [3.63, 3.8) is 0 Å². The summed E-state index contributed by atoms with van der Waals surface area (Å²) in [4.78, 5) is 18.3. The van der Waals surface area contributed by atoms with Crippen molar-refractivity contribution in [3.05, 3.63) is 89.9 Å². The van der Waals surface area contributed by atoms with Crippen molar-refractivity contribution >= 4 is 5.91 Å². The van der Waals surface area contributed by atoms with Crippen LogP contribution in [0.3, 0.4) is 0 Å². The average Bonchev–Trinajstić information content (AvgIpc) is 3.67. The van der Waals surface area contributed by atoms with Gasteiger partial charge in [-0.15, -0.1) is 0 Å². The maximum Gasteiger partial charge on any atom is 0.225 e. The van der Waals surface area contributed by atoms with Crippen LogP contribution >= 0.6 is 0 Å². The molecule has 0 bridgehead atoms. The zero-order valence-corrected chi connectivity index (χ0v) is 20.6. The molecule has 0 spiro atoms. The van der Waals surface area contributed by atoms with Crippen LogP contribution in [0.1, 0.15) is 48.5 Å². The summed E-state index contributed by atoms with van der Waals surface area (Å²) in [6, 6.07) is 22.9. The number of likely N-dealkylation sites (tertiary alicyclic amines) is 1. The number of carbonyl (C=O) groups is 1. The molecule has 1 saturated heterocycles. The SMILES string of the molecule is COc1cccc(C2CN(Cc3ccco3)CC2CN(Cc2ccccc2)C(=O)C2CCCC2)c1. The van der Waals surface area contributed by atoms with E-state index in [0.717, 1.165) is 50.5 Å². The van der Waals surface area contributed by atoms with Crippen LogP contribution in [0, 0.1) is 11.8 Å². The standard InChI is InChI=1S/C30H36N2O3/c1-34-27-14-7-13-25(17-27)29-22-31(21-28-15-8-16-35-28)19-26(29)20-32(18-23-9-3-2-4-10-23)30(33)24-11-5-6-12-24/h2-4,7-10,13-17,24,26,29H,5-6,11-12,18-22H2,1H3. The second-order valence-electron chi connectivity index (χ2n) is 10.1.